The van der Waals surface area contributed by atoms with Gasteiger partial charge in [0.25, 0.3) is 11.6 Å². The fraction of sp³-hybridized carbons (Fsp3) is 0.500. The molecular formula is C14H18ClN3O3. The van der Waals surface area contributed by atoms with Crippen LogP contribution in [0.25, 0.3) is 0 Å². The van der Waals surface area contributed by atoms with Crippen LogP contribution in [0.3, 0.4) is 0 Å². The van der Waals surface area contributed by atoms with Gasteiger partial charge in [-0.25, -0.2) is 0 Å². The van der Waals surface area contributed by atoms with Crippen molar-refractivity contribution in [3.8, 4) is 0 Å². The van der Waals surface area contributed by atoms with Crippen LogP contribution < -0.4 is 0 Å². The molecule has 1 saturated heterocycles. The molecule has 0 radical (unpaired) electrons. The average Bonchev–Trinajstić information content (AvgIpc) is 2.46. The molecule has 1 aliphatic rings. The van der Waals surface area contributed by atoms with Crippen LogP contribution >= 0.6 is 11.6 Å². The molecule has 1 aliphatic heterocycles. The molecule has 0 aliphatic carbocycles. The molecule has 6 nitrogen and oxygen atoms in total. The highest BCUT2D eigenvalue weighted by molar-refractivity contribution is 6.33. The quantitative estimate of drug-likeness (QED) is 0.635. The number of rotatable bonds is 3. The zero-order valence-corrected chi connectivity index (χ0v) is 12.8. The van der Waals surface area contributed by atoms with Gasteiger partial charge in [0.15, 0.2) is 0 Å². The first-order valence-electron chi connectivity index (χ1n) is 6.91. The van der Waals surface area contributed by atoms with Gasteiger partial charge in [0.2, 0.25) is 0 Å². The van der Waals surface area contributed by atoms with Gasteiger partial charge in [-0.05, 0) is 19.5 Å². The summed E-state index contributed by atoms with van der Waals surface area (Å²) in [6.07, 6.45) is 0. The van der Waals surface area contributed by atoms with Crippen LogP contribution in [0.5, 0.6) is 0 Å². The van der Waals surface area contributed by atoms with Crippen molar-refractivity contribution in [2.75, 3.05) is 26.2 Å². The SMILES string of the molecule is CCN1CCN(C(=O)c2cc([N+](=O)[O-])ccc2Cl)CC1C. The molecule has 1 fully saturated rings. The fourth-order valence-corrected chi connectivity index (χ4v) is 2.81. The summed E-state index contributed by atoms with van der Waals surface area (Å²) in [6.45, 7) is 7.11. The number of nitrogens with zero attached hydrogens (tertiary/aromatic N) is 3. The molecule has 21 heavy (non-hydrogen) atoms. The van der Waals surface area contributed by atoms with Crippen molar-refractivity contribution in [3.05, 3.63) is 38.9 Å². The van der Waals surface area contributed by atoms with E-state index in [0.717, 1.165) is 13.1 Å². The predicted octanol–water partition coefficient (Wildman–Crippen LogP) is 2.41. The number of amides is 1. The molecular weight excluding hydrogens is 294 g/mol. The van der Waals surface area contributed by atoms with Crippen molar-refractivity contribution < 1.29 is 9.72 Å². The highest BCUT2D eigenvalue weighted by atomic mass is 35.5. The van der Waals surface area contributed by atoms with Crippen LogP contribution in [0.4, 0.5) is 5.69 Å². The summed E-state index contributed by atoms with van der Waals surface area (Å²) in [5.41, 5.74) is 0.0750. The topological polar surface area (TPSA) is 66.7 Å². The molecule has 114 valence electrons. The Hall–Kier alpha value is -1.66. The minimum atomic E-state index is -0.523. The fourth-order valence-electron chi connectivity index (χ4n) is 2.61. The first kappa shape index (κ1) is 15.7. The minimum absolute atomic E-state index is 0.122. The number of hydrogen-bond donors (Lipinski definition) is 0. The van der Waals surface area contributed by atoms with Gasteiger partial charge < -0.3 is 4.90 Å². The van der Waals surface area contributed by atoms with Gasteiger partial charge in [0.05, 0.1) is 15.5 Å². The van der Waals surface area contributed by atoms with Crippen molar-refractivity contribution in [3.63, 3.8) is 0 Å². The Labute approximate surface area is 128 Å². The van der Waals surface area contributed by atoms with Crippen LogP contribution in [-0.2, 0) is 0 Å². The molecule has 0 bridgehead atoms. The van der Waals surface area contributed by atoms with Crippen molar-refractivity contribution in [1.82, 2.24) is 9.80 Å². The van der Waals surface area contributed by atoms with Crippen molar-refractivity contribution in [2.45, 2.75) is 19.9 Å². The minimum Gasteiger partial charge on any atom is -0.336 e. The Morgan fingerprint density at radius 3 is 2.76 bits per heavy atom. The highest BCUT2D eigenvalue weighted by Gasteiger charge is 2.28. The van der Waals surface area contributed by atoms with E-state index in [-0.39, 0.29) is 28.2 Å². The number of hydrogen-bond acceptors (Lipinski definition) is 4. The number of halogens is 1. The van der Waals surface area contributed by atoms with Gasteiger partial charge in [-0.1, -0.05) is 18.5 Å². The zero-order valence-electron chi connectivity index (χ0n) is 12.1. The Kier molecular flexibility index (Phi) is 4.80. The van der Waals surface area contributed by atoms with Crippen LogP contribution in [0, 0.1) is 10.1 Å². The van der Waals surface area contributed by atoms with Crippen LogP contribution in [-0.4, -0.2) is 52.9 Å². The Morgan fingerprint density at radius 1 is 1.48 bits per heavy atom. The molecule has 1 amide bonds. The number of benzene rings is 1. The normalized spacial score (nSPS) is 19.6. The summed E-state index contributed by atoms with van der Waals surface area (Å²) in [5, 5.41) is 11.1. The van der Waals surface area contributed by atoms with Crippen molar-refractivity contribution >= 4 is 23.2 Å². The molecule has 0 spiro atoms. The second-order valence-electron chi connectivity index (χ2n) is 5.15. The van der Waals surface area contributed by atoms with Gasteiger partial charge in [-0.15, -0.1) is 0 Å². The van der Waals surface area contributed by atoms with E-state index in [1.54, 1.807) is 4.90 Å². The molecule has 1 atom stereocenters. The summed E-state index contributed by atoms with van der Waals surface area (Å²) >= 11 is 6.03. The summed E-state index contributed by atoms with van der Waals surface area (Å²) < 4.78 is 0. The second-order valence-corrected chi connectivity index (χ2v) is 5.56. The lowest BCUT2D eigenvalue weighted by molar-refractivity contribution is -0.384. The van der Waals surface area contributed by atoms with E-state index in [1.807, 2.05) is 0 Å². The summed E-state index contributed by atoms with van der Waals surface area (Å²) in [7, 11) is 0. The maximum atomic E-state index is 12.5. The van der Waals surface area contributed by atoms with E-state index in [9.17, 15) is 14.9 Å². The van der Waals surface area contributed by atoms with E-state index in [2.05, 4.69) is 18.7 Å². The van der Waals surface area contributed by atoms with Crippen LogP contribution in [0.15, 0.2) is 18.2 Å². The van der Waals surface area contributed by atoms with Gasteiger partial charge in [-0.2, -0.15) is 0 Å². The van der Waals surface area contributed by atoms with Crippen molar-refractivity contribution in [1.29, 1.82) is 0 Å². The van der Waals surface area contributed by atoms with E-state index >= 15 is 0 Å². The summed E-state index contributed by atoms with van der Waals surface area (Å²) in [5.74, 6) is -0.244. The van der Waals surface area contributed by atoms with E-state index in [1.165, 1.54) is 18.2 Å². The molecule has 0 N–H and O–H groups in total. The third kappa shape index (κ3) is 3.33. The van der Waals surface area contributed by atoms with Crippen LogP contribution in [0.1, 0.15) is 24.2 Å². The average molecular weight is 312 g/mol. The molecule has 1 heterocycles. The maximum absolute atomic E-state index is 12.5. The molecule has 1 aromatic carbocycles. The Balaban J connectivity index is 2.21. The first-order valence-corrected chi connectivity index (χ1v) is 7.29. The highest BCUT2D eigenvalue weighted by Crippen LogP contribution is 2.24. The van der Waals surface area contributed by atoms with E-state index < -0.39 is 4.92 Å². The second kappa shape index (κ2) is 6.41. The van der Waals surface area contributed by atoms with E-state index in [4.69, 9.17) is 11.6 Å². The number of nitro groups is 1. The molecule has 0 aromatic heterocycles. The third-order valence-electron chi connectivity index (χ3n) is 3.85. The predicted molar refractivity (Wildman–Crippen MR) is 80.7 cm³/mol. The summed E-state index contributed by atoms with van der Waals surface area (Å²) in [4.78, 5) is 26.8. The largest absolute Gasteiger partial charge is 0.336 e. The van der Waals surface area contributed by atoms with Crippen molar-refractivity contribution in [2.24, 2.45) is 0 Å². The molecule has 2 rings (SSSR count). The molecule has 0 saturated carbocycles. The molecule has 7 heteroatoms. The Morgan fingerprint density at radius 2 is 2.19 bits per heavy atom. The first-order chi connectivity index (χ1) is 9.93. The number of non-ortho nitro benzene ring substituents is 1. The van der Waals surface area contributed by atoms with Gasteiger partial charge in [-0.3, -0.25) is 19.8 Å². The number of carbonyl (C=O) groups excluding carboxylic acids is 1. The molecule has 1 aromatic rings. The Bertz CT molecular complexity index is 564. The lowest BCUT2D eigenvalue weighted by atomic mass is 10.1. The van der Waals surface area contributed by atoms with Gasteiger partial charge in [0.1, 0.15) is 0 Å². The monoisotopic (exact) mass is 311 g/mol. The van der Waals surface area contributed by atoms with Gasteiger partial charge in [0, 0.05) is 37.8 Å². The number of nitro benzene ring substituents is 1. The van der Waals surface area contributed by atoms with Crippen LogP contribution in [0.2, 0.25) is 5.02 Å². The zero-order chi connectivity index (χ0) is 15.6. The standard InChI is InChI=1S/C14H18ClN3O3/c1-3-16-6-7-17(9-10(16)2)14(19)12-8-11(18(20)21)4-5-13(12)15/h4-5,8,10H,3,6-7,9H2,1-2H3. The number of carbonyl (C=O) groups is 1. The third-order valence-corrected chi connectivity index (χ3v) is 4.18. The molecule has 1 unspecified atom stereocenters. The maximum Gasteiger partial charge on any atom is 0.270 e. The smallest absolute Gasteiger partial charge is 0.270 e. The lowest BCUT2D eigenvalue weighted by Gasteiger charge is -2.39. The van der Waals surface area contributed by atoms with Gasteiger partial charge >= 0.3 is 0 Å². The lowest BCUT2D eigenvalue weighted by Crippen LogP contribution is -2.53. The van der Waals surface area contributed by atoms with E-state index in [0.29, 0.717) is 13.1 Å². The number of piperazine rings is 1. The number of likely N-dealkylation sites (N-methyl/N-ethyl adjacent to an activating group) is 1. The summed E-state index contributed by atoms with van der Waals surface area (Å²) in [6, 6.07) is 4.22.